The molecule has 0 aliphatic rings. The molecule has 2 rings (SSSR count). The number of aryl methyl sites for hydroxylation is 1. The van der Waals surface area contributed by atoms with Crippen molar-refractivity contribution in [3.05, 3.63) is 48.0 Å². The van der Waals surface area contributed by atoms with Gasteiger partial charge in [0.05, 0.1) is 6.61 Å². The Labute approximate surface area is 206 Å². The Morgan fingerprint density at radius 2 is 1.63 bits per heavy atom. The van der Waals surface area contributed by atoms with Gasteiger partial charge in [-0.15, -0.1) is 0 Å². The fourth-order valence-electron chi connectivity index (χ4n) is 3.50. The molecule has 0 saturated heterocycles. The topological polar surface area (TPSA) is 108 Å². The van der Waals surface area contributed by atoms with E-state index in [2.05, 4.69) is 30.3 Å². The van der Waals surface area contributed by atoms with Crippen LogP contribution in [0.25, 0.3) is 10.8 Å². The standard InChI is InChI=1S/C27H36O8/c1-5-32-22(28)18-34-24(26(31)35-27(2,3)4)23(25(29)30)33-16-10-6-7-11-19-14-15-20-12-8-9-13-21(20)17-19/h8-9,12-15,17,23-24H,5-7,10-11,16,18H2,1-4H3,(H,29,30)/t23-,24-/m1/s1. The maximum Gasteiger partial charge on any atom is 0.339 e. The van der Waals surface area contributed by atoms with Crippen LogP contribution in [0.1, 0.15) is 52.5 Å². The first-order valence-corrected chi connectivity index (χ1v) is 11.9. The summed E-state index contributed by atoms with van der Waals surface area (Å²) in [6.07, 6.45) is 0.0226. The first kappa shape index (κ1) is 28.3. The lowest BCUT2D eigenvalue weighted by Crippen LogP contribution is -2.47. The van der Waals surface area contributed by atoms with Gasteiger partial charge in [-0.1, -0.05) is 48.9 Å². The normalized spacial score (nSPS) is 13.3. The molecule has 35 heavy (non-hydrogen) atoms. The lowest BCUT2D eigenvalue weighted by atomic mass is 10.0. The second-order valence-electron chi connectivity index (χ2n) is 9.19. The fraction of sp³-hybridized carbons (Fsp3) is 0.519. The van der Waals surface area contributed by atoms with Crippen LogP contribution in [0.3, 0.4) is 0 Å². The molecule has 2 aromatic rings. The SMILES string of the molecule is CCOC(=O)CO[C@@H](C(=O)OC(C)(C)C)[C@@H](OCCCCCc1ccc2ccccc2c1)C(=O)O. The van der Waals surface area contributed by atoms with Gasteiger partial charge in [0.25, 0.3) is 0 Å². The van der Waals surface area contributed by atoms with E-state index >= 15 is 0 Å². The number of ether oxygens (including phenoxy) is 4. The van der Waals surface area contributed by atoms with E-state index < -0.39 is 42.3 Å². The third-order valence-corrected chi connectivity index (χ3v) is 5.06. The Morgan fingerprint density at radius 1 is 0.914 bits per heavy atom. The molecule has 2 aromatic carbocycles. The Bertz CT molecular complexity index is 979. The van der Waals surface area contributed by atoms with Crippen LogP contribution >= 0.6 is 0 Å². The zero-order valence-electron chi connectivity index (χ0n) is 21.0. The average Bonchev–Trinajstić information content (AvgIpc) is 2.78. The van der Waals surface area contributed by atoms with Crippen molar-refractivity contribution < 1.29 is 38.4 Å². The molecule has 0 radical (unpaired) electrons. The van der Waals surface area contributed by atoms with Gasteiger partial charge in [-0.3, -0.25) is 0 Å². The van der Waals surface area contributed by atoms with Gasteiger partial charge in [-0.05, 0) is 63.3 Å². The Hall–Kier alpha value is -2.97. The average molecular weight is 489 g/mol. The van der Waals surface area contributed by atoms with Gasteiger partial charge in [0.2, 0.25) is 0 Å². The third kappa shape index (κ3) is 10.0. The Kier molecular flexibility index (Phi) is 11.1. The summed E-state index contributed by atoms with van der Waals surface area (Å²) in [6.45, 7) is 6.26. The second kappa shape index (κ2) is 13.8. The number of hydrogen-bond acceptors (Lipinski definition) is 7. The number of benzene rings is 2. The molecule has 0 fully saturated rings. The first-order chi connectivity index (χ1) is 16.6. The van der Waals surface area contributed by atoms with Gasteiger partial charge in [-0.25, -0.2) is 14.4 Å². The van der Waals surface area contributed by atoms with Crippen molar-refractivity contribution in [2.75, 3.05) is 19.8 Å². The van der Waals surface area contributed by atoms with Crippen molar-refractivity contribution in [2.24, 2.45) is 0 Å². The van der Waals surface area contributed by atoms with E-state index in [1.807, 2.05) is 12.1 Å². The zero-order valence-corrected chi connectivity index (χ0v) is 21.0. The van der Waals surface area contributed by atoms with Crippen molar-refractivity contribution in [1.82, 2.24) is 0 Å². The molecule has 2 atom stereocenters. The lowest BCUT2D eigenvalue weighted by Gasteiger charge is -2.27. The van der Waals surface area contributed by atoms with E-state index in [1.54, 1.807) is 27.7 Å². The van der Waals surface area contributed by atoms with Crippen LogP contribution in [-0.4, -0.2) is 60.6 Å². The molecule has 0 aromatic heterocycles. The van der Waals surface area contributed by atoms with E-state index in [0.717, 1.165) is 19.3 Å². The van der Waals surface area contributed by atoms with Crippen LogP contribution in [0.4, 0.5) is 0 Å². The van der Waals surface area contributed by atoms with Crippen LogP contribution in [0.5, 0.6) is 0 Å². The monoisotopic (exact) mass is 488 g/mol. The molecule has 8 heteroatoms. The van der Waals surface area contributed by atoms with Crippen LogP contribution in [-0.2, 0) is 39.8 Å². The minimum atomic E-state index is -1.61. The van der Waals surface area contributed by atoms with Gasteiger partial charge < -0.3 is 24.1 Å². The molecule has 0 saturated carbocycles. The summed E-state index contributed by atoms with van der Waals surface area (Å²) >= 11 is 0. The predicted molar refractivity (Wildman–Crippen MR) is 131 cm³/mol. The summed E-state index contributed by atoms with van der Waals surface area (Å²) in [4.78, 5) is 36.2. The molecule has 192 valence electrons. The van der Waals surface area contributed by atoms with E-state index in [9.17, 15) is 19.5 Å². The van der Waals surface area contributed by atoms with E-state index in [4.69, 9.17) is 18.9 Å². The minimum absolute atomic E-state index is 0.122. The number of hydrogen-bond donors (Lipinski definition) is 1. The van der Waals surface area contributed by atoms with E-state index in [-0.39, 0.29) is 13.2 Å². The number of esters is 2. The van der Waals surface area contributed by atoms with Crippen LogP contribution in [0.15, 0.2) is 42.5 Å². The number of unbranched alkanes of at least 4 members (excludes halogenated alkanes) is 2. The van der Waals surface area contributed by atoms with Crippen molar-refractivity contribution in [3.63, 3.8) is 0 Å². The van der Waals surface area contributed by atoms with E-state index in [1.165, 1.54) is 16.3 Å². The van der Waals surface area contributed by atoms with Gasteiger partial charge in [0, 0.05) is 6.61 Å². The summed E-state index contributed by atoms with van der Waals surface area (Å²) in [6, 6.07) is 14.6. The highest BCUT2D eigenvalue weighted by atomic mass is 16.6. The molecular weight excluding hydrogens is 452 g/mol. The number of aliphatic carboxylic acids is 1. The number of fused-ring (bicyclic) bond motifs is 1. The Balaban J connectivity index is 1.88. The smallest absolute Gasteiger partial charge is 0.339 e. The van der Waals surface area contributed by atoms with Crippen LogP contribution < -0.4 is 0 Å². The fourth-order valence-corrected chi connectivity index (χ4v) is 3.50. The maximum atomic E-state index is 12.6. The van der Waals surface area contributed by atoms with Crippen molar-refractivity contribution in [2.45, 2.75) is 71.2 Å². The highest BCUT2D eigenvalue weighted by molar-refractivity contribution is 5.85. The molecule has 0 aliphatic carbocycles. The maximum absolute atomic E-state index is 12.6. The van der Waals surface area contributed by atoms with Crippen LogP contribution in [0.2, 0.25) is 0 Å². The van der Waals surface area contributed by atoms with Gasteiger partial charge in [0.15, 0.2) is 12.2 Å². The highest BCUT2D eigenvalue weighted by Gasteiger charge is 2.39. The second-order valence-corrected chi connectivity index (χ2v) is 9.19. The number of rotatable bonds is 14. The van der Waals surface area contributed by atoms with Gasteiger partial charge >= 0.3 is 17.9 Å². The molecule has 0 spiro atoms. The van der Waals surface area contributed by atoms with E-state index in [0.29, 0.717) is 6.42 Å². The summed E-state index contributed by atoms with van der Waals surface area (Å²) in [5, 5.41) is 12.1. The predicted octanol–water partition coefficient (Wildman–Crippen LogP) is 4.31. The molecule has 0 heterocycles. The molecule has 0 bridgehead atoms. The molecule has 0 aliphatic heterocycles. The summed E-state index contributed by atoms with van der Waals surface area (Å²) in [5.41, 5.74) is 0.374. The first-order valence-electron chi connectivity index (χ1n) is 11.9. The Morgan fingerprint density at radius 3 is 2.29 bits per heavy atom. The largest absolute Gasteiger partial charge is 0.479 e. The minimum Gasteiger partial charge on any atom is -0.479 e. The summed E-state index contributed by atoms with van der Waals surface area (Å²) in [5.74, 6) is -3.00. The number of carbonyl (C=O) groups is 3. The lowest BCUT2D eigenvalue weighted by molar-refractivity contribution is -0.190. The number of carboxylic acid groups (broad SMARTS) is 1. The molecule has 1 N–H and O–H groups in total. The zero-order chi connectivity index (χ0) is 25.8. The molecule has 0 amide bonds. The summed E-state index contributed by atoms with van der Waals surface area (Å²) < 4.78 is 20.9. The van der Waals surface area contributed by atoms with Crippen molar-refractivity contribution in [1.29, 1.82) is 0 Å². The van der Waals surface area contributed by atoms with Crippen LogP contribution in [0, 0.1) is 0 Å². The molecule has 0 unspecified atom stereocenters. The van der Waals surface area contributed by atoms with Gasteiger partial charge in [-0.2, -0.15) is 0 Å². The summed E-state index contributed by atoms with van der Waals surface area (Å²) in [7, 11) is 0. The number of carbonyl (C=O) groups excluding carboxylic acids is 2. The molecular formula is C27H36O8. The number of carboxylic acids is 1. The van der Waals surface area contributed by atoms with Crippen molar-refractivity contribution in [3.8, 4) is 0 Å². The highest BCUT2D eigenvalue weighted by Crippen LogP contribution is 2.18. The third-order valence-electron chi connectivity index (χ3n) is 5.06. The van der Waals surface area contributed by atoms with Crippen molar-refractivity contribution >= 4 is 28.7 Å². The molecule has 8 nitrogen and oxygen atoms in total. The van der Waals surface area contributed by atoms with Gasteiger partial charge in [0.1, 0.15) is 12.2 Å². The quantitative estimate of drug-likeness (QED) is 0.310.